The molecule has 1 rings (SSSR count). The van der Waals surface area contributed by atoms with E-state index in [0.717, 1.165) is 25.8 Å². The van der Waals surface area contributed by atoms with Gasteiger partial charge in [0.05, 0.1) is 0 Å². The first kappa shape index (κ1) is 13.9. The van der Waals surface area contributed by atoms with E-state index in [9.17, 15) is 0 Å². The van der Waals surface area contributed by atoms with Gasteiger partial charge in [-0.2, -0.15) is 0 Å². The van der Waals surface area contributed by atoms with Crippen molar-refractivity contribution >= 4 is 0 Å². The summed E-state index contributed by atoms with van der Waals surface area (Å²) in [5.41, 5.74) is 0. The normalized spacial score (nSPS) is 22.1. The quantitative estimate of drug-likeness (QED) is 0.642. The van der Waals surface area contributed by atoms with Gasteiger partial charge < -0.3 is 10.1 Å². The molecule has 3 heteroatoms. The minimum atomic E-state index is 0.699. The number of hydrogen-bond acceptors (Lipinski definition) is 3. The number of nitrogens with zero attached hydrogens (tertiary/aromatic N) is 1. The number of ether oxygens (including phenoxy) is 1. The minimum Gasteiger partial charge on any atom is -0.382 e. The molecule has 1 heterocycles. The highest BCUT2D eigenvalue weighted by atomic mass is 16.5. The van der Waals surface area contributed by atoms with Crippen molar-refractivity contribution in [3.63, 3.8) is 0 Å². The molecule has 0 radical (unpaired) electrons. The first-order chi connectivity index (χ1) is 7.74. The smallest absolute Gasteiger partial charge is 0.0466 e. The fraction of sp³-hybridized carbons (Fsp3) is 1.00. The number of nitrogens with one attached hydrogen (secondary N) is 1. The third-order valence-electron chi connectivity index (χ3n) is 3.30. The molecular weight excluding hydrogens is 200 g/mol. The highest BCUT2D eigenvalue weighted by Gasteiger charge is 2.23. The SMILES string of the molecule is CCOCCCCNC1CCN(C(C)C)C1. The van der Waals surface area contributed by atoms with Crippen molar-refractivity contribution in [1.82, 2.24) is 10.2 Å². The summed E-state index contributed by atoms with van der Waals surface area (Å²) in [6.07, 6.45) is 3.73. The van der Waals surface area contributed by atoms with Crippen molar-refractivity contribution in [1.29, 1.82) is 0 Å². The van der Waals surface area contributed by atoms with E-state index in [2.05, 4.69) is 31.0 Å². The predicted octanol–water partition coefficient (Wildman–Crippen LogP) is 1.88. The molecule has 16 heavy (non-hydrogen) atoms. The second-order valence-electron chi connectivity index (χ2n) is 4.93. The summed E-state index contributed by atoms with van der Waals surface area (Å²) in [5, 5.41) is 3.65. The molecule has 0 aliphatic carbocycles. The zero-order valence-electron chi connectivity index (χ0n) is 11.2. The van der Waals surface area contributed by atoms with E-state index < -0.39 is 0 Å². The third kappa shape index (κ3) is 5.28. The van der Waals surface area contributed by atoms with Gasteiger partial charge >= 0.3 is 0 Å². The molecule has 1 fully saturated rings. The van der Waals surface area contributed by atoms with Gasteiger partial charge in [-0.1, -0.05) is 0 Å². The summed E-state index contributed by atoms with van der Waals surface area (Å²) < 4.78 is 5.32. The number of rotatable bonds is 8. The predicted molar refractivity (Wildman–Crippen MR) is 68.8 cm³/mol. The van der Waals surface area contributed by atoms with Crippen LogP contribution in [0.25, 0.3) is 0 Å². The molecule has 1 saturated heterocycles. The van der Waals surface area contributed by atoms with Gasteiger partial charge in [0.15, 0.2) is 0 Å². The van der Waals surface area contributed by atoms with E-state index in [0.29, 0.717) is 6.04 Å². The number of hydrogen-bond donors (Lipinski definition) is 1. The van der Waals surface area contributed by atoms with Gasteiger partial charge in [0.25, 0.3) is 0 Å². The molecule has 0 aromatic rings. The van der Waals surface area contributed by atoms with E-state index in [1.807, 2.05) is 0 Å². The Labute approximate surface area is 101 Å². The summed E-state index contributed by atoms with van der Waals surface area (Å²) >= 11 is 0. The molecule has 1 aliphatic heterocycles. The van der Waals surface area contributed by atoms with E-state index in [-0.39, 0.29) is 0 Å². The van der Waals surface area contributed by atoms with Crippen LogP contribution in [0.2, 0.25) is 0 Å². The van der Waals surface area contributed by atoms with Crippen LogP contribution < -0.4 is 5.32 Å². The Balaban J connectivity index is 1.94. The Morgan fingerprint density at radius 1 is 1.38 bits per heavy atom. The van der Waals surface area contributed by atoms with Crippen molar-refractivity contribution in [3.8, 4) is 0 Å². The van der Waals surface area contributed by atoms with Gasteiger partial charge in [0.2, 0.25) is 0 Å². The van der Waals surface area contributed by atoms with E-state index in [1.165, 1.54) is 32.4 Å². The average molecular weight is 228 g/mol. The molecule has 0 aromatic carbocycles. The highest BCUT2D eigenvalue weighted by molar-refractivity contribution is 4.82. The molecule has 3 nitrogen and oxygen atoms in total. The molecule has 0 bridgehead atoms. The number of likely N-dealkylation sites (tertiary alicyclic amines) is 1. The van der Waals surface area contributed by atoms with Crippen LogP contribution in [-0.2, 0) is 4.74 Å². The Morgan fingerprint density at radius 2 is 2.19 bits per heavy atom. The lowest BCUT2D eigenvalue weighted by Crippen LogP contribution is -2.35. The van der Waals surface area contributed by atoms with Crippen molar-refractivity contribution < 1.29 is 4.74 Å². The molecule has 1 unspecified atom stereocenters. The topological polar surface area (TPSA) is 24.5 Å². The van der Waals surface area contributed by atoms with Gasteiger partial charge in [0, 0.05) is 31.8 Å². The van der Waals surface area contributed by atoms with E-state index >= 15 is 0 Å². The lowest BCUT2D eigenvalue weighted by Gasteiger charge is -2.20. The molecular formula is C13H28N2O. The molecule has 0 spiro atoms. The Kier molecular flexibility index (Phi) is 7.01. The largest absolute Gasteiger partial charge is 0.382 e. The highest BCUT2D eigenvalue weighted by Crippen LogP contribution is 2.12. The Bertz CT molecular complexity index is 173. The lowest BCUT2D eigenvalue weighted by molar-refractivity contribution is 0.143. The van der Waals surface area contributed by atoms with Crippen LogP contribution in [-0.4, -0.2) is 49.8 Å². The maximum atomic E-state index is 5.32. The van der Waals surface area contributed by atoms with Crippen LogP contribution in [0.3, 0.4) is 0 Å². The van der Waals surface area contributed by atoms with Crippen molar-refractivity contribution in [2.45, 2.75) is 52.1 Å². The summed E-state index contributed by atoms with van der Waals surface area (Å²) in [5.74, 6) is 0. The molecule has 0 amide bonds. The Hall–Kier alpha value is -0.120. The van der Waals surface area contributed by atoms with Crippen molar-refractivity contribution in [3.05, 3.63) is 0 Å². The van der Waals surface area contributed by atoms with Crippen molar-refractivity contribution in [2.24, 2.45) is 0 Å². The summed E-state index contributed by atoms with van der Waals surface area (Å²) in [6.45, 7) is 12.0. The van der Waals surface area contributed by atoms with Crippen molar-refractivity contribution in [2.75, 3.05) is 32.8 Å². The average Bonchev–Trinajstić information content (AvgIpc) is 2.72. The van der Waals surface area contributed by atoms with E-state index in [1.54, 1.807) is 0 Å². The molecule has 96 valence electrons. The fourth-order valence-corrected chi connectivity index (χ4v) is 2.20. The van der Waals surface area contributed by atoms with Crippen LogP contribution in [0.5, 0.6) is 0 Å². The summed E-state index contributed by atoms with van der Waals surface area (Å²) in [4.78, 5) is 2.55. The Morgan fingerprint density at radius 3 is 2.81 bits per heavy atom. The molecule has 0 aromatic heterocycles. The maximum absolute atomic E-state index is 5.32. The lowest BCUT2D eigenvalue weighted by atomic mass is 10.2. The van der Waals surface area contributed by atoms with Crippen LogP contribution >= 0.6 is 0 Å². The standard InChI is InChI=1S/C13H28N2O/c1-4-16-10-6-5-8-14-13-7-9-15(11-13)12(2)3/h12-14H,4-11H2,1-3H3. The number of unbranched alkanes of at least 4 members (excludes halogenated alkanes) is 1. The summed E-state index contributed by atoms with van der Waals surface area (Å²) in [7, 11) is 0. The van der Waals surface area contributed by atoms with Gasteiger partial charge in [-0.15, -0.1) is 0 Å². The molecule has 1 aliphatic rings. The van der Waals surface area contributed by atoms with Crippen LogP contribution in [0.4, 0.5) is 0 Å². The molecule has 1 atom stereocenters. The van der Waals surface area contributed by atoms with Crippen LogP contribution in [0.1, 0.15) is 40.0 Å². The van der Waals surface area contributed by atoms with Crippen LogP contribution in [0, 0.1) is 0 Å². The van der Waals surface area contributed by atoms with Gasteiger partial charge in [-0.3, -0.25) is 4.90 Å². The second kappa shape index (κ2) is 8.04. The monoisotopic (exact) mass is 228 g/mol. The minimum absolute atomic E-state index is 0.699. The van der Waals surface area contributed by atoms with Crippen LogP contribution in [0.15, 0.2) is 0 Å². The fourth-order valence-electron chi connectivity index (χ4n) is 2.20. The zero-order chi connectivity index (χ0) is 11.8. The van der Waals surface area contributed by atoms with Gasteiger partial charge in [-0.05, 0) is 53.1 Å². The van der Waals surface area contributed by atoms with Gasteiger partial charge in [-0.25, -0.2) is 0 Å². The first-order valence-electron chi connectivity index (χ1n) is 6.79. The van der Waals surface area contributed by atoms with Gasteiger partial charge in [0.1, 0.15) is 0 Å². The van der Waals surface area contributed by atoms with E-state index in [4.69, 9.17) is 4.74 Å². The molecule has 1 N–H and O–H groups in total. The maximum Gasteiger partial charge on any atom is 0.0466 e. The second-order valence-corrected chi connectivity index (χ2v) is 4.93. The molecule has 0 saturated carbocycles. The zero-order valence-corrected chi connectivity index (χ0v) is 11.2. The summed E-state index contributed by atoms with van der Waals surface area (Å²) in [6, 6.07) is 1.42. The first-order valence-corrected chi connectivity index (χ1v) is 6.79. The third-order valence-corrected chi connectivity index (χ3v) is 3.30.